The van der Waals surface area contributed by atoms with Crippen LogP contribution >= 0.6 is 0 Å². The number of ether oxygens (including phenoxy) is 1. The van der Waals surface area contributed by atoms with Crippen LogP contribution in [0.15, 0.2) is 5.10 Å². The van der Waals surface area contributed by atoms with Crippen LogP contribution in [0.3, 0.4) is 0 Å². The van der Waals surface area contributed by atoms with Gasteiger partial charge in [-0.1, -0.05) is 70.6 Å². The number of hydrazone groups is 1. The van der Waals surface area contributed by atoms with Gasteiger partial charge in [0.1, 0.15) is 11.9 Å². The van der Waals surface area contributed by atoms with Gasteiger partial charge < -0.3 is 25.6 Å². The molecule has 0 aromatic rings. The van der Waals surface area contributed by atoms with Gasteiger partial charge in [0, 0.05) is 25.8 Å². The molecule has 220 valence electrons. The second-order valence-electron chi connectivity index (χ2n) is 9.70. The summed E-state index contributed by atoms with van der Waals surface area (Å²) >= 11 is 0. The molecular weight excluding hydrogens is 492 g/mol. The highest BCUT2D eigenvalue weighted by molar-refractivity contribution is 5.84. The molecule has 0 unspecified atom stereocenters. The Hall–Kier alpha value is -2.44. The minimum absolute atomic E-state index is 0.00183. The van der Waals surface area contributed by atoms with E-state index in [1.165, 1.54) is 64.2 Å². The molecule has 1 atom stereocenters. The number of unbranched alkanes of at least 4 members (excludes halogenated alkanes) is 12. The van der Waals surface area contributed by atoms with Gasteiger partial charge in [0.05, 0.1) is 19.8 Å². The highest BCUT2D eigenvalue weighted by Gasteiger charge is 2.20. The Labute approximate surface area is 227 Å². The molecule has 2 amide bonds. The first-order valence-corrected chi connectivity index (χ1v) is 14.3. The largest absolute Gasteiger partial charge is 0.480 e. The summed E-state index contributed by atoms with van der Waals surface area (Å²) in [6.07, 6.45) is 16.6. The molecule has 0 aromatic heterocycles. The van der Waals surface area contributed by atoms with Gasteiger partial charge in [-0.25, -0.2) is 10.3 Å². The number of rotatable bonds is 26. The fraction of sp³-hybridized carbons (Fsp3) is 0.846. The molecule has 1 aliphatic rings. The van der Waals surface area contributed by atoms with Gasteiger partial charge in [0.25, 0.3) is 0 Å². The fourth-order valence-electron chi connectivity index (χ4n) is 4.18. The maximum absolute atomic E-state index is 12.1. The number of amidine groups is 1. The third-order valence-corrected chi connectivity index (χ3v) is 6.37. The van der Waals surface area contributed by atoms with E-state index in [4.69, 9.17) is 9.84 Å². The number of carbonyl (C=O) groups excluding carboxylic acids is 2. The van der Waals surface area contributed by atoms with Crippen LogP contribution in [0.5, 0.6) is 0 Å². The Balaban J connectivity index is 1.90. The number of amides is 2. The molecule has 0 radical (unpaired) electrons. The lowest BCUT2D eigenvalue weighted by Gasteiger charge is -2.14. The van der Waals surface area contributed by atoms with Crippen molar-refractivity contribution < 1.29 is 29.3 Å². The first-order chi connectivity index (χ1) is 18.5. The summed E-state index contributed by atoms with van der Waals surface area (Å²) in [5.74, 6) is -0.741. The predicted molar refractivity (Wildman–Crippen MR) is 146 cm³/mol. The first kappa shape index (κ1) is 33.6. The molecule has 0 aromatic carbocycles. The number of carbonyl (C=O) groups is 3. The number of aliphatic carboxylic acids is 1. The average Bonchev–Trinajstić information content (AvgIpc) is 3.42. The quantitative estimate of drug-likeness (QED) is 0.0809. The van der Waals surface area contributed by atoms with Crippen molar-refractivity contribution in [3.63, 3.8) is 0 Å². The van der Waals surface area contributed by atoms with Gasteiger partial charge in [0.15, 0.2) is 0 Å². The number of carboxylic acids is 1. The zero-order chi connectivity index (χ0) is 27.7. The molecule has 0 aliphatic carbocycles. The maximum Gasteiger partial charge on any atom is 0.326 e. The molecule has 7 N–H and O–H groups in total. The molecule has 12 heteroatoms. The van der Waals surface area contributed by atoms with Gasteiger partial charge in [-0.2, -0.15) is 0 Å². The van der Waals surface area contributed by atoms with Crippen LogP contribution in [0.2, 0.25) is 0 Å². The molecule has 12 nitrogen and oxygen atoms in total. The molecule has 0 saturated heterocycles. The summed E-state index contributed by atoms with van der Waals surface area (Å²) in [4.78, 5) is 35.4. The van der Waals surface area contributed by atoms with Crippen LogP contribution in [0.4, 0.5) is 0 Å². The van der Waals surface area contributed by atoms with Crippen molar-refractivity contribution in [2.45, 2.75) is 115 Å². The van der Waals surface area contributed by atoms with E-state index < -0.39 is 12.0 Å². The van der Waals surface area contributed by atoms with Gasteiger partial charge in [0.2, 0.25) is 11.8 Å². The second-order valence-corrected chi connectivity index (χ2v) is 9.70. The van der Waals surface area contributed by atoms with Gasteiger partial charge in [-0.05, 0) is 19.3 Å². The van der Waals surface area contributed by atoms with E-state index in [1.54, 1.807) is 0 Å². The summed E-state index contributed by atoms with van der Waals surface area (Å²) < 4.78 is 5.04. The van der Waals surface area contributed by atoms with Gasteiger partial charge in [-0.3, -0.25) is 15.0 Å². The molecule has 0 saturated carbocycles. The number of hydrogen-bond acceptors (Lipinski definition) is 9. The van der Waals surface area contributed by atoms with Crippen molar-refractivity contribution in [3.8, 4) is 0 Å². The fourth-order valence-corrected chi connectivity index (χ4v) is 4.18. The maximum atomic E-state index is 12.1. The topological polar surface area (TPSA) is 173 Å². The molecule has 0 fully saturated rings. The summed E-state index contributed by atoms with van der Waals surface area (Å²) in [5.41, 5.74) is 8.39. The number of hydrogen-bond donors (Lipinski definition) is 7. The van der Waals surface area contributed by atoms with Crippen molar-refractivity contribution in [2.24, 2.45) is 5.10 Å². The van der Waals surface area contributed by atoms with E-state index in [-0.39, 0.29) is 51.0 Å². The molecule has 1 heterocycles. The Morgan fingerprint density at radius 2 is 1.42 bits per heavy atom. The van der Waals surface area contributed by atoms with Crippen LogP contribution in [0.1, 0.15) is 109 Å². The number of nitrogens with zero attached hydrogens (tertiary/aromatic N) is 1. The lowest BCUT2D eigenvalue weighted by molar-refractivity contribution is -0.142. The standard InChI is InChI=1S/C26H50N6O6/c33-19-21-38-20-18-27-24(34)17-16-22(26(36)37)28-25(35)15-13-11-9-7-5-3-1-2-4-6-8-10-12-14-23-29-31-32-30-23/h22,31-33H,1-21H2,(H,27,34)(H,28,35)(H,29,30)(H,36,37)/t22-/m0/s1. The first-order valence-electron chi connectivity index (χ1n) is 14.3. The summed E-state index contributed by atoms with van der Waals surface area (Å²) in [5, 5.41) is 27.2. The Morgan fingerprint density at radius 3 is 1.97 bits per heavy atom. The normalized spacial score (nSPS) is 13.3. The smallest absolute Gasteiger partial charge is 0.326 e. The van der Waals surface area contributed by atoms with E-state index in [2.05, 4.69) is 32.2 Å². The van der Waals surface area contributed by atoms with Crippen LogP contribution in [0, 0.1) is 0 Å². The molecule has 0 spiro atoms. The highest BCUT2D eigenvalue weighted by atomic mass is 16.5. The van der Waals surface area contributed by atoms with Crippen LogP contribution in [0.25, 0.3) is 0 Å². The van der Waals surface area contributed by atoms with Crippen LogP contribution < -0.4 is 27.1 Å². The number of nitrogens with one attached hydrogen (secondary N) is 5. The van der Waals surface area contributed by atoms with Gasteiger partial charge in [-0.15, -0.1) is 10.6 Å². The van der Waals surface area contributed by atoms with Crippen LogP contribution in [-0.2, 0) is 19.1 Å². The minimum Gasteiger partial charge on any atom is -0.480 e. The molecular formula is C26H50N6O6. The molecule has 38 heavy (non-hydrogen) atoms. The summed E-state index contributed by atoms with van der Waals surface area (Å²) in [6, 6.07) is -1.07. The third kappa shape index (κ3) is 19.6. The average molecular weight is 543 g/mol. The Kier molecular flexibility index (Phi) is 20.9. The number of aliphatic hydroxyl groups excluding tert-OH is 1. The second kappa shape index (κ2) is 23.7. The minimum atomic E-state index is -1.14. The molecule has 1 rings (SSSR count). The van der Waals surface area contributed by atoms with E-state index in [1.807, 2.05) is 0 Å². The van der Waals surface area contributed by atoms with Gasteiger partial charge >= 0.3 is 5.97 Å². The highest BCUT2D eigenvalue weighted by Crippen LogP contribution is 2.13. The SMILES string of the molecule is O=C(CC[C@H](NC(=O)CCCCCCCCCCCCCCCC1=NNNN1)C(=O)O)NCCOCCO. The zero-order valence-electron chi connectivity index (χ0n) is 22.9. The zero-order valence-corrected chi connectivity index (χ0v) is 22.9. The lowest BCUT2D eigenvalue weighted by atomic mass is 10.0. The third-order valence-electron chi connectivity index (χ3n) is 6.37. The number of hydrazine groups is 2. The number of aliphatic hydroxyl groups is 1. The summed E-state index contributed by atoms with van der Waals surface area (Å²) in [7, 11) is 0. The van der Waals surface area contributed by atoms with E-state index in [9.17, 15) is 19.5 Å². The molecule has 0 bridgehead atoms. The predicted octanol–water partition coefficient (Wildman–Crippen LogP) is 2.24. The number of carboxylic acid groups (broad SMARTS) is 1. The van der Waals surface area contributed by atoms with Crippen molar-refractivity contribution in [2.75, 3.05) is 26.4 Å². The van der Waals surface area contributed by atoms with Crippen molar-refractivity contribution in [1.29, 1.82) is 0 Å². The summed E-state index contributed by atoms with van der Waals surface area (Å²) in [6.45, 7) is 0.688. The Bertz CT molecular complexity index is 679. The Morgan fingerprint density at radius 1 is 0.816 bits per heavy atom. The van der Waals surface area contributed by atoms with E-state index >= 15 is 0 Å². The van der Waals surface area contributed by atoms with Crippen molar-refractivity contribution in [1.82, 2.24) is 27.1 Å². The van der Waals surface area contributed by atoms with E-state index in [0.29, 0.717) is 6.42 Å². The van der Waals surface area contributed by atoms with Crippen molar-refractivity contribution in [3.05, 3.63) is 0 Å². The van der Waals surface area contributed by atoms with Crippen molar-refractivity contribution >= 4 is 23.6 Å². The van der Waals surface area contributed by atoms with Crippen LogP contribution in [-0.4, -0.2) is 66.2 Å². The monoisotopic (exact) mass is 542 g/mol. The van der Waals surface area contributed by atoms with E-state index in [0.717, 1.165) is 31.5 Å². The molecule has 1 aliphatic heterocycles. The lowest BCUT2D eigenvalue weighted by Crippen LogP contribution is -2.41.